The number of amides is 1. The van der Waals surface area contributed by atoms with Gasteiger partial charge in [0.2, 0.25) is 5.91 Å². The fourth-order valence-electron chi connectivity index (χ4n) is 4.72. The monoisotopic (exact) mass is 293 g/mol. The first kappa shape index (κ1) is 15.3. The molecular weight excluding hydrogens is 262 g/mol. The molecule has 0 radical (unpaired) electrons. The lowest BCUT2D eigenvalue weighted by Crippen LogP contribution is -2.41. The molecule has 0 aliphatic carbocycles. The maximum atomic E-state index is 12.6. The zero-order valence-electron chi connectivity index (χ0n) is 13.7. The van der Waals surface area contributed by atoms with Crippen LogP contribution in [-0.4, -0.2) is 60.0 Å². The molecule has 3 aliphatic heterocycles. The first-order valence-corrected chi connectivity index (χ1v) is 8.97. The smallest absolute Gasteiger partial charge is 0.222 e. The maximum absolute atomic E-state index is 12.6. The predicted molar refractivity (Wildman–Crippen MR) is 85.2 cm³/mol. The SMILES string of the molecule is CCN(CC)C1CCN(C(=O)CC2CC3CCC(C2)N3)C1. The number of rotatable bonds is 5. The lowest BCUT2D eigenvalue weighted by molar-refractivity contribution is -0.131. The van der Waals surface area contributed by atoms with Gasteiger partial charge in [0.25, 0.3) is 0 Å². The molecule has 120 valence electrons. The first-order valence-electron chi connectivity index (χ1n) is 8.97. The van der Waals surface area contributed by atoms with E-state index in [0.29, 0.717) is 30.0 Å². The van der Waals surface area contributed by atoms with Gasteiger partial charge in [0.15, 0.2) is 0 Å². The van der Waals surface area contributed by atoms with Crippen LogP contribution in [0.25, 0.3) is 0 Å². The van der Waals surface area contributed by atoms with Crippen LogP contribution >= 0.6 is 0 Å². The van der Waals surface area contributed by atoms with Crippen LogP contribution in [0.1, 0.15) is 52.4 Å². The average molecular weight is 293 g/mol. The van der Waals surface area contributed by atoms with Gasteiger partial charge in [0, 0.05) is 37.6 Å². The van der Waals surface area contributed by atoms with Gasteiger partial charge < -0.3 is 10.2 Å². The molecule has 3 heterocycles. The number of nitrogens with zero attached hydrogens (tertiary/aromatic N) is 2. The van der Waals surface area contributed by atoms with Crippen molar-refractivity contribution >= 4 is 5.91 Å². The number of nitrogens with one attached hydrogen (secondary N) is 1. The molecule has 0 saturated carbocycles. The van der Waals surface area contributed by atoms with Gasteiger partial charge in [-0.15, -0.1) is 0 Å². The van der Waals surface area contributed by atoms with Crippen LogP contribution in [-0.2, 0) is 4.79 Å². The van der Waals surface area contributed by atoms with Gasteiger partial charge in [0.05, 0.1) is 0 Å². The van der Waals surface area contributed by atoms with Crippen LogP contribution in [0.2, 0.25) is 0 Å². The van der Waals surface area contributed by atoms with Crippen molar-refractivity contribution in [3.63, 3.8) is 0 Å². The van der Waals surface area contributed by atoms with Crippen LogP contribution < -0.4 is 5.32 Å². The number of likely N-dealkylation sites (tertiary alicyclic amines) is 1. The van der Waals surface area contributed by atoms with E-state index < -0.39 is 0 Å². The van der Waals surface area contributed by atoms with E-state index in [2.05, 4.69) is 29.0 Å². The Morgan fingerprint density at radius 3 is 2.43 bits per heavy atom. The highest BCUT2D eigenvalue weighted by Crippen LogP contribution is 2.33. The molecule has 1 amide bonds. The largest absolute Gasteiger partial charge is 0.341 e. The summed E-state index contributed by atoms with van der Waals surface area (Å²) in [6.45, 7) is 8.56. The number of hydrogen-bond donors (Lipinski definition) is 1. The summed E-state index contributed by atoms with van der Waals surface area (Å²) in [4.78, 5) is 17.2. The predicted octanol–water partition coefficient (Wildman–Crippen LogP) is 1.85. The van der Waals surface area contributed by atoms with E-state index in [1.165, 1.54) is 25.7 Å². The zero-order chi connectivity index (χ0) is 14.8. The van der Waals surface area contributed by atoms with Crippen LogP contribution in [0.15, 0.2) is 0 Å². The minimum Gasteiger partial charge on any atom is -0.341 e. The summed E-state index contributed by atoms with van der Waals surface area (Å²) in [7, 11) is 0. The molecular formula is C17H31N3O. The van der Waals surface area contributed by atoms with E-state index in [4.69, 9.17) is 0 Å². The first-order chi connectivity index (χ1) is 10.2. The Balaban J connectivity index is 1.48. The number of carbonyl (C=O) groups is 1. The third kappa shape index (κ3) is 3.42. The van der Waals surface area contributed by atoms with Crippen LogP contribution in [0.5, 0.6) is 0 Å². The Kier molecular flexibility index (Phi) is 4.85. The maximum Gasteiger partial charge on any atom is 0.222 e. The summed E-state index contributed by atoms with van der Waals surface area (Å²) in [5.74, 6) is 1.04. The standard InChI is InChI=1S/C17H31N3O/c1-3-19(4-2)16-7-8-20(12-16)17(21)11-13-9-14-5-6-15(10-13)18-14/h13-16,18H,3-12H2,1-2H3. The van der Waals surface area contributed by atoms with E-state index in [-0.39, 0.29) is 0 Å². The molecule has 0 aromatic rings. The van der Waals surface area contributed by atoms with Crippen molar-refractivity contribution in [3.8, 4) is 0 Å². The van der Waals surface area contributed by atoms with E-state index in [1.807, 2.05) is 0 Å². The van der Waals surface area contributed by atoms with E-state index in [0.717, 1.165) is 39.0 Å². The molecule has 3 atom stereocenters. The van der Waals surface area contributed by atoms with Gasteiger partial charge in [-0.1, -0.05) is 13.8 Å². The Morgan fingerprint density at radius 2 is 1.81 bits per heavy atom. The van der Waals surface area contributed by atoms with Crippen LogP contribution in [0.4, 0.5) is 0 Å². The van der Waals surface area contributed by atoms with E-state index in [9.17, 15) is 4.79 Å². The van der Waals surface area contributed by atoms with Crippen molar-refractivity contribution in [3.05, 3.63) is 0 Å². The van der Waals surface area contributed by atoms with Crippen LogP contribution in [0.3, 0.4) is 0 Å². The summed E-state index contributed by atoms with van der Waals surface area (Å²) in [6.07, 6.45) is 7.03. The zero-order valence-corrected chi connectivity index (χ0v) is 13.7. The second kappa shape index (κ2) is 6.66. The van der Waals surface area contributed by atoms with Crippen molar-refractivity contribution in [2.45, 2.75) is 70.5 Å². The quantitative estimate of drug-likeness (QED) is 0.840. The fraction of sp³-hybridized carbons (Fsp3) is 0.941. The minimum absolute atomic E-state index is 0.413. The van der Waals surface area contributed by atoms with Gasteiger partial charge in [-0.25, -0.2) is 0 Å². The highest BCUT2D eigenvalue weighted by atomic mass is 16.2. The van der Waals surface area contributed by atoms with Gasteiger partial charge in [-0.05, 0) is 51.1 Å². The number of piperidine rings is 1. The average Bonchev–Trinajstić information content (AvgIpc) is 3.08. The van der Waals surface area contributed by atoms with Gasteiger partial charge >= 0.3 is 0 Å². The van der Waals surface area contributed by atoms with Crippen LogP contribution in [0, 0.1) is 5.92 Å². The fourth-order valence-corrected chi connectivity index (χ4v) is 4.72. The Labute approximate surface area is 129 Å². The second-order valence-corrected chi connectivity index (χ2v) is 7.18. The number of fused-ring (bicyclic) bond motifs is 2. The van der Waals surface area contributed by atoms with Crippen molar-refractivity contribution in [1.82, 2.24) is 15.1 Å². The highest BCUT2D eigenvalue weighted by Gasteiger charge is 2.36. The second-order valence-electron chi connectivity index (χ2n) is 7.18. The molecule has 4 heteroatoms. The Bertz CT molecular complexity index is 357. The van der Waals surface area contributed by atoms with Crippen molar-refractivity contribution < 1.29 is 4.79 Å². The van der Waals surface area contributed by atoms with Gasteiger partial charge in [0.1, 0.15) is 0 Å². The summed E-state index contributed by atoms with van der Waals surface area (Å²) in [6, 6.07) is 1.99. The molecule has 2 bridgehead atoms. The highest BCUT2D eigenvalue weighted by molar-refractivity contribution is 5.76. The number of hydrogen-bond acceptors (Lipinski definition) is 3. The number of carbonyl (C=O) groups excluding carboxylic acids is 1. The molecule has 3 fully saturated rings. The molecule has 0 aromatic carbocycles. The van der Waals surface area contributed by atoms with Crippen molar-refractivity contribution in [2.75, 3.05) is 26.2 Å². The molecule has 0 aromatic heterocycles. The molecule has 1 N–H and O–H groups in total. The summed E-state index contributed by atoms with van der Waals surface area (Å²) >= 11 is 0. The van der Waals surface area contributed by atoms with Crippen molar-refractivity contribution in [1.29, 1.82) is 0 Å². The number of likely N-dealkylation sites (N-methyl/N-ethyl adjacent to an activating group) is 1. The lowest BCUT2D eigenvalue weighted by Gasteiger charge is -2.30. The summed E-state index contributed by atoms with van der Waals surface area (Å²) in [5, 5.41) is 3.67. The summed E-state index contributed by atoms with van der Waals surface area (Å²) in [5.41, 5.74) is 0. The summed E-state index contributed by atoms with van der Waals surface area (Å²) < 4.78 is 0. The Morgan fingerprint density at radius 1 is 1.14 bits per heavy atom. The molecule has 4 nitrogen and oxygen atoms in total. The van der Waals surface area contributed by atoms with Gasteiger partial charge in [-0.2, -0.15) is 0 Å². The van der Waals surface area contributed by atoms with E-state index in [1.54, 1.807) is 0 Å². The molecule has 3 unspecified atom stereocenters. The Hall–Kier alpha value is -0.610. The molecule has 3 saturated heterocycles. The molecule has 0 spiro atoms. The lowest BCUT2D eigenvalue weighted by atomic mass is 9.89. The molecule has 21 heavy (non-hydrogen) atoms. The topological polar surface area (TPSA) is 35.6 Å². The normalized spacial score (nSPS) is 35.7. The van der Waals surface area contributed by atoms with Crippen molar-refractivity contribution in [2.24, 2.45) is 5.92 Å². The third-order valence-electron chi connectivity index (χ3n) is 5.88. The van der Waals surface area contributed by atoms with Gasteiger partial charge in [-0.3, -0.25) is 9.69 Å². The molecule has 3 aliphatic rings. The molecule has 3 rings (SSSR count). The third-order valence-corrected chi connectivity index (χ3v) is 5.88. The van der Waals surface area contributed by atoms with E-state index >= 15 is 0 Å². The minimum atomic E-state index is 0.413.